The monoisotopic (exact) mass is 320 g/mol. The van der Waals surface area contributed by atoms with E-state index in [4.69, 9.17) is 0 Å². The van der Waals surface area contributed by atoms with Crippen LogP contribution >= 0.6 is 0 Å². The summed E-state index contributed by atoms with van der Waals surface area (Å²) in [5.41, 5.74) is 4.98. The molecule has 0 unspecified atom stereocenters. The fraction of sp³-hybridized carbons (Fsp3) is 0.211. The second-order valence-electron chi connectivity index (χ2n) is 6.43. The molecule has 0 aliphatic rings. The van der Waals surface area contributed by atoms with Crippen molar-refractivity contribution in [3.8, 4) is 11.1 Å². The van der Waals surface area contributed by atoms with Crippen LogP contribution < -0.4 is 5.69 Å². The molecular formula is C19H20N4O. The predicted octanol–water partition coefficient (Wildman–Crippen LogP) is 3.04. The first kappa shape index (κ1) is 14.8. The van der Waals surface area contributed by atoms with Crippen LogP contribution in [-0.4, -0.2) is 40.1 Å². The molecule has 2 aromatic carbocycles. The van der Waals surface area contributed by atoms with Crippen LogP contribution in [0.3, 0.4) is 0 Å². The molecule has 5 heteroatoms. The number of nitrogens with one attached hydrogen (secondary N) is 2. The average molecular weight is 320 g/mol. The lowest BCUT2D eigenvalue weighted by molar-refractivity contribution is 0.387. The minimum Gasteiger partial charge on any atom is -0.346 e. The van der Waals surface area contributed by atoms with Gasteiger partial charge in [-0.15, -0.1) is 0 Å². The third-order valence-corrected chi connectivity index (χ3v) is 4.41. The molecule has 122 valence electrons. The largest absolute Gasteiger partial charge is 0.346 e. The van der Waals surface area contributed by atoms with E-state index in [2.05, 4.69) is 64.0 Å². The van der Waals surface area contributed by atoms with Crippen LogP contribution in [-0.2, 0) is 6.54 Å². The summed E-state index contributed by atoms with van der Waals surface area (Å²) in [6, 6.07) is 14.7. The zero-order valence-electron chi connectivity index (χ0n) is 13.8. The number of imidazole rings is 1. The molecular weight excluding hydrogens is 300 g/mol. The van der Waals surface area contributed by atoms with Crippen LogP contribution in [0.15, 0.2) is 53.5 Å². The molecule has 0 saturated heterocycles. The topological polar surface area (TPSA) is 56.8 Å². The van der Waals surface area contributed by atoms with Crippen LogP contribution in [0.5, 0.6) is 0 Å². The van der Waals surface area contributed by atoms with Crippen LogP contribution in [0.25, 0.3) is 33.1 Å². The zero-order valence-corrected chi connectivity index (χ0v) is 13.8. The highest BCUT2D eigenvalue weighted by Gasteiger charge is 2.06. The molecule has 0 spiro atoms. The van der Waals surface area contributed by atoms with Crippen molar-refractivity contribution in [1.29, 1.82) is 0 Å². The number of fused-ring (bicyclic) bond motifs is 2. The minimum absolute atomic E-state index is 0.171. The fourth-order valence-electron chi connectivity index (χ4n) is 3.08. The maximum atomic E-state index is 11.4. The Morgan fingerprint density at radius 3 is 2.54 bits per heavy atom. The molecule has 2 heterocycles. The number of hydrogen-bond acceptors (Lipinski definition) is 2. The molecule has 0 aliphatic carbocycles. The Labute approximate surface area is 139 Å². The van der Waals surface area contributed by atoms with Gasteiger partial charge in [-0.05, 0) is 54.9 Å². The van der Waals surface area contributed by atoms with Crippen LogP contribution in [0, 0.1) is 0 Å². The summed E-state index contributed by atoms with van der Waals surface area (Å²) in [4.78, 5) is 19.2. The molecule has 0 bridgehead atoms. The molecule has 0 radical (unpaired) electrons. The van der Waals surface area contributed by atoms with E-state index < -0.39 is 0 Å². The lowest BCUT2D eigenvalue weighted by Gasteiger charge is -2.12. The Morgan fingerprint density at radius 2 is 1.71 bits per heavy atom. The Kier molecular flexibility index (Phi) is 3.50. The number of H-pyrrole nitrogens is 2. The molecule has 5 nitrogen and oxygen atoms in total. The Bertz CT molecular complexity index is 1070. The quantitative estimate of drug-likeness (QED) is 0.607. The molecule has 2 N–H and O–H groups in total. The predicted molar refractivity (Wildman–Crippen MR) is 98.4 cm³/mol. The highest BCUT2D eigenvalue weighted by Crippen LogP contribution is 2.27. The van der Waals surface area contributed by atoms with Crippen molar-refractivity contribution in [2.24, 2.45) is 0 Å². The molecule has 0 fully saturated rings. The van der Waals surface area contributed by atoms with Crippen molar-refractivity contribution in [3.05, 3.63) is 59.1 Å². The normalized spacial score (nSPS) is 11.8. The SMILES string of the molecule is CN(C)CCn1ccc2ccc(-c3ccc4[nH]c(=O)[nH]c4c3)cc21. The number of aromatic amines is 2. The van der Waals surface area contributed by atoms with Crippen molar-refractivity contribution in [2.75, 3.05) is 20.6 Å². The van der Waals surface area contributed by atoms with E-state index in [0.717, 1.165) is 35.2 Å². The van der Waals surface area contributed by atoms with Gasteiger partial charge in [-0.2, -0.15) is 0 Å². The highest BCUT2D eigenvalue weighted by molar-refractivity contribution is 5.88. The second kappa shape index (κ2) is 5.69. The van der Waals surface area contributed by atoms with Gasteiger partial charge in [0, 0.05) is 24.8 Å². The lowest BCUT2D eigenvalue weighted by atomic mass is 10.0. The fourth-order valence-corrected chi connectivity index (χ4v) is 3.08. The van der Waals surface area contributed by atoms with Crippen molar-refractivity contribution >= 4 is 21.9 Å². The van der Waals surface area contributed by atoms with Crippen LogP contribution in [0.1, 0.15) is 0 Å². The Balaban J connectivity index is 1.77. The van der Waals surface area contributed by atoms with Gasteiger partial charge in [0.1, 0.15) is 0 Å². The minimum atomic E-state index is -0.171. The van der Waals surface area contributed by atoms with Gasteiger partial charge in [0.15, 0.2) is 0 Å². The third-order valence-electron chi connectivity index (χ3n) is 4.41. The molecule has 4 aromatic rings. The van der Waals surface area contributed by atoms with Gasteiger partial charge in [0.25, 0.3) is 0 Å². The van der Waals surface area contributed by atoms with Crippen LogP contribution in [0.2, 0.25) is 0 Å². The van der Waals surface area contributed by atoms with Gasteiger partial charge in [-0.3, -0.25) is 0 Å². The standard InChI is InChI=1S/C19H20N4O/c1-22(2)9-10-23-8-7-13-3-4-15(12-18(13)23)14-5-6-16-17(11-14)21-19(24)20-16/h3-8,11-12H,9-10H2,1-2H3,(H2,20,21,24). The summed E-state index contributed by atoms with van der Waals surface area (Å²) in [6.45, 7) is 1.97. The Hall–Kier alpha value is -2.79. The molecule has 0 saturated carbocycles. The van der Waals surface area contributed by atoms with Gasteiger partial charge < -0.3 is 19.4 Å². The van der Waals surface area contributed by atoms with E-state index >= 15 is 0 Å². The molecule has 0 amide bonds. The summed E-state index contributed by atoms with van der Waals surface area (Å²) in [6.07, 6.45) is 2.14. The number of aromatic nitrogens is 3. The van der Waals surface area contributed by atoms with Crippen LogP contribution in [0.4, 0.5) is 0 Å². The molecule has 0 atom stereocenters. The highest BCUT2D eigenvalue weighted by atomic mass is 16.1. The summed E-state index contributed by atoms with van der Waals surface area (Å²) in [5.74, 6) is 0. The van der Waals surface area contributed by atoms with Gasteiger partial charge in [0.2, 0.25) is 0 Å². The number of rotatable bonds is 4. The number of nitrogens with zero attached hydrogens (tertiary/aromatic N) is 2. The van der Waals surface area contributed by atoms with Crippen molar-refractivity contribution in [1.82, 2.24) is 19.4 Å². The maximum Gasteiger partial charge on any atom is 0.323 e. The van der Waals surface area contributed by atoms with E-state index in [1.54, 1.807) is 0 Å². The first-order chi connectivity index (χ1) is 11.6. The van der Waals surface area contributed by atoms with Crippen molar-refractivity contribution in [2.45, 2.75) is 6.54 Å². The number of benzene rings is 2. The smallest absolute Gasteiger partial charge is 0.323 e. The second-order valence-corrected chi connectivity index (χ2v) is 6.43. The van der Waals surface area contributed by atoms with Gasteiger partial charge in [0.05, 0.1) is 11.0 Å². The maximum absolute atomic E-state index is 11.4. The van der Waals surface area contributed by atoms with E-state index in [1.807, 2.05) is 18.2 Å². The summed E-state index contributed by atoms with van der Waals surface area (Å²) < 4.78 is 2.29. The van der Waals surface area contributed by atoms with E-state index in [0.29, 0.717) is 0 Å². The zero-order chi connectivity index (χ0) is 16.7. The van der Waals surface area contributed by atoms with Gasteiger partial charge in [-0.25, -0.2) is 4.79 Å². The summed E-state index contributed by atoms with van der Waals surface area (Å²) >= 11 is 0. The van der Waals surface area contributed by atoms with Gasteiger partial charge >= 0.3 is 5.69 Å². The summed E-state index contributed by atoms with van der Waals surface area (Å²) in [5, 5.41) is 1.24. The van der Waals surface area contributed by atoms with Gasteiger partial charge in [-0.1, -0.05) is 18.2 Å². The molecule has 2 aromatic heterocycles. The third kappa shape index (κ3) is 2.63. The number of hydrogen-bond donors (Lipinski definition) is 2. The first-order valence-electron chi connectivity index (χ1n) is 8.06. The van der Waals surface area contributed by atoms with E-state index in [9.17, 15) is 4.79 Å². The molecule has 0 aliphatic heterocycles. The first-order valence-corrected chi connectivity index (χ1v) is 8.06. The van der Waals surface area contributed by atoms with Crippen molar-refractivity contribution < 1.29 is 0 Å². The number of likely N-dealkylation sites (N-methyl/N-ethyl adjacent to an activating group) is 1. The van der Waals surface area contributed by atoms with E-state index in [1.165, 1.54) is 10.9 Å². The van der Waals surface area contributed by atoms with E-state index in [-0.39, 0.29) is 5.69 Å². The van der Waals surface area contributed by atoms with Crippen molar-refractivity contribution in [3.63, 3.8) is 0 Å². The molecule has 4 rings (SSSR count). The Morgan fingerprint density at radius 1 is 0.958 bits per heavy atom. The molecule has 24 heavy (non-hydrogen) atoms. The summed E-state index contributed by atoms with van der Waals surface area (Å²) in [7, 11) is 4.17. The average Bonchev–Trinajstić information content (AvgIpc) is 3.13. The lowest BCUT2D eigenvalue weighted by Crippen LogP contribution is -2.17.